The average molecular weight is 284 g/mol. The van der Waals surface area contributed by atoms with Crippen molar-refractivity contribution in [2.75, 3.05) is 5.73 Å². The highest BCUT2D eigenvalue weighted by Gasteiger charge is 2.19. The van der Waals surface area contributed by atoms with Crippen LogP contribution in [0.1, 0.15) is 30.0 Å². The molecular formula is C15H20N6. The second-order valence-electron chi connectivity index (χ2n) is 5.51. The standard InChI is InChI=1S/C15H20N6/c1-9(8-20-7-5-6-17-20)21-11(3)10(2)13-14(16)18-12(4)19-15(13)21/h5-7,9H,8H2,1-4H3,(H2,16,18,19). The zero-order valence-corrected chi connectivity index (χ0v) is 12.8. The van der Waals surface area contributed by atoms with E-state index in [2.05, 4.69) is 40.4 Å². The lowest BCUT2D eigenvalue weighted by atomic mass is 10.2. The third-order valence-electron chi connectivity index (χ3n) is 3.99. The Morgan fingerprint density at radius 1 is 1.24 bits per heavy atom. The zero-order valence-electron chi connectivity index (χ0n) is 12.8. The van der Waals surface area contributed by atoms with Gasteiger partial charge in [-0.1, -0.05) is 0 Å². The summed E-state index contributed by atoms with van der Waals surface area (Å²) < 4.78 is 4.17. The van der Waals surface area contributed by atoms with E-state index in [1.165, 1.54) is 5.69 Å². The average Bonchev–Trinajstić information content (AvgIpc) is 2.97. The van der Waals surface area contributed by atoms with Crippen LogP contribution in [0.5, 0.6) is 0 Å². The molecule has 3 heterocycles. The van der Waals surface area contributed by atoms with Crippen molar-refractivity contribution in [2.24, 2.45) is 0 Å². The van der Waals surface area contributed by atoms with Gasteiger partial charge in [-0.05, 0) is 39.3 Å². The van der Waals surface area contributed by atoms with E-state index in [1.54, 1.807) is 6.20 Å². The molecule has 21 heavy (non-hydrogen) atoms. The fraction of sp³-hybridized carbons (Fsp3) is 0.400. The van der Waals surface area contributed by atoms with Gasteiger partial charge in [-0.3, -0.25) is 4.68 Å². The van der Waals surface area contributed by atoms with E-state index >= 15 is 0 Å². The lowest BCUT2D eigenvalue weighted by molar-refractivity contribution is 0.439. The van der Waals surface area contributed by atoms with E-state index in [9.17, 15) is 0 Å². The van der Waals surface area contributed by atoms with Crippen LogP contribution in [0.25, 0.3) is 11.0 Å². The molecule has 6 heteroatoms. The van der Waals surface area contributed by atoms with Crippen LogP contribution in [0, 0.1) is 20.8 Å². The van der Waals surface area contributed by atoms with Crippen molar-refractivity contribution in [2.45, 2.75) is 40.3 Å². The van der Waals surface area contributed by atoms with Crippen molar-refractivity contribution in [1.82, 2.24) is 24.3 Å². The number of nitrogens with two attached hydrogens (primary N) is 1. The minimum atomic E-state index is 0.231. The smallest absolute Gasteiger partial charge is 0.146 e. The lowest BCUT2D eigenvalue weighted by Gasteiger charge is -2.17. The predicted octanol–water partition coefficient (Wildman–Crippen LogP) is 2.40. The maximum absolute atomic E-state index is 6.09. The molecule has 0 aliphatic heterocycles. The Morgan fingerprint density at radius 3 is 2.67 bits per heavy atom. The highest BCUT2D eigenvalue weighted by Crippen LogP contribution is 2.30. The van der Waals surface area contributed by atoms with Crippen LogP contribution in [0.15, 0.2) is 18.5 Å². The van der Waals surface area contributed by atoms with Gasteiger partial charge in [0.25, 0.3) is 0 Å². The lowest BCUT2D eigenvalue weighted by Crippen LogP contribution is -2.15. The zero-order chi connectivity index (χ0) is 15.1. The summed E-state index contributed by atoms with van der Waals surface area (Å²) in [6, 6.07) is 2.16. The Morgan fingerprint density at radius 2 is 2.00 bits per heavy atom. The number of hydrogen-bond donors (Lipinski definition) is 1. The summed E-state index contributed by atoms with van der Waals surface area (Å²) in [5.41, 5.74) is 9.33. The first-order chi connectivity index (χ1) is 9.99. The van der Waals surface area contributed by atoms with Crippen LogP contribution in [-0.4, -0.2) is 24.3 Å². The molecule has 0 aliphatic rings. The molecule has 0 spiro atoms. The Balaban J connectivity index is 2.15. The van der Waals surface area contributed by atoms with Gasteiger partial charge in [0.2, 0.25) is 0 Å². The molecule has 0 amide bonds. The highest BCUT2D eigenvalue weighted by atomic mass is 15.3. The van der Waals surface area contributed by atoms with E-state index in [4.69, 9.17) is 5.73 Å². The summed E-state index contributed by atoms with van der Waals surface area (Å²) in [6.45, 7) is 9.01. The number of nitrogens with zero attached hydrogens (tertiary/aromatic N) is 5. The van der Waals surface area contributed by atoms with Gasteiger partial charge < -0.3 is 10.3 Å². The number of fused-ring (bicyclic) bond motifs is 1. The molecule has 110 valence electrons. The summed E-state index contributed by atoms with van der Waals surface area (Å²) in [7, 11) is 0. The number of hydrogen-bond acceptors (Lipinski definition) is 4. The summed E-state index contributed by atoms with van der Waals surface area (Å²) in [6.07, 6.45) is 3.77. The summed E-state index contributed by atoms with van der Waals surface area (Å²) in [4.78, 5) is 8.90. The molecule has 0 bridgehead atoms. The van der Waals surface area contributed by atoms with Gasteiger partial charge in [-0.15, -0.1) is 0 Å². The van der Waals surface area contributed by atoms with Crippen molar-refractivity contribution in [3.63, 3.8) is 0 Å². The maximum atomic E-state index is 6.09. The summed E-state index contributed by atoms with van der Waals surface area (Å²) >= 11 is 0. The number of anilines is 1. The van der Waals surface area contributed by atoms with Crippen molar-refractivity contribution in [3.05, 3.63) is 35.5 Å². The predicted molar refractivity (Wildman–Crippen MR) is 83.1 cm³/mol. The van der Waals surface area contributed by atoms with Crippen molar-refractivity contribution in [3.8, 4) is 0 Å². The minimum Gasteiger partial charge on any atom is -0.383 e. The largest absolute Gasteiger partial charge is 0.383 e. The minimum absolute atomic E-state index is 0.231. The number of aryl methyl sites for hydroxylation is 2. The molecule has 0 saturated heterocycles. The SMILES string of the molecule is Cc1nc(N)c2c(C)c(C)n(C(C)Cn3cccn3)c2n1. The summed E-state index contributed by atoms with van der Waals surface area (Å²) in [5.74, 6) is 1.26. The molecule has 6 nitrogen and oxygen atoms in total. The van der Waals surface area contributed by atoms with Crippen LogP contribution in [-0.2, 0) is 6.54 Å². The van der Waals surface area contributed by atoms with Crippen LogP contribution in [0.4, 0.5) is 5.82 Å². The fourth-order valence-corrected chi connectivity index (χ4v) is 2.93. The maximum Gasteiger partial charge on any atom is 0.146 e. The van der Waals surface area contributed by atoms with Crippen molar-refractivity contribution >= 4 is 16.9 Å². The van der Waals surface area contributed by atoms with Gasteiger partial charge in [0.15, 0.2) is 0 Å². The molecule has 0 aliphatic carbocycles. The molecule has 0 aromatic carbocycles. The third kappa shape index (κ3) is 2.16. The van der Waals surface area contributed by atoms with Crippen LogP contribution in [0.2, 0.25) is 0 Å². The topological polar surface area (TPSA) is 74.5 Å². The van der Waals surface area contributed by atoms with Gasteiger partial charge in [0.05, 0.1) is 18.0 Å². The van der Waals surface area contributed by atoms with E-state index in [0.29, 0.717) is 11.6 Å². The van der Waals surface area contributed by atoms with Gasteiger partial charge in [-0.2, -0.15) is 5.10 Å². The Hall–Kier alpha value is -2.37. The first-order valence-electron chi connectivity index (χ1n) is 7.07. The molecular weight excluding hydrogens is 264 g/mol. The Bertz CT molecular complexity index is 784. The van der Waals surface area contributed by atoms with Crippen molar-refractivity contribution < 1.29 is 0 Å². The molecule has 3 aromatic heterocycles. The van der Waals surface area contributed by atoms with Gasteiger partial charge in [-0.25, -0.2) is 9.97 Å². The van der Waals surface area contributed by atoms with Gasteiger partial charge in [0.1, 0.15) is 17.3 Å². The second-order valence-corrected chi connectivity index (χ2v) is 5.51. The third-order valence-corrected chi connectivity index (χ3v) is 3.99. The molecule has 0 fully saturated rings. The van der Waals surface area contributed by atoms with Crippen LogP contribution in [0.3, 0.4) is 0 Å². The first kappa shape index (κ1) is 13.6. The number of aromatic nitrogens is 5. The second kappa shape index (κ2) is 4.87. The number of nitrogen functional groups attached to an aromatic ring is 1. The first-order valence-corrected chi connectivity index (χ1v) is 7.07. The van der Waals surface area contributed by atoms with E-state index < -0.39 is 0 Å². The van der Waals surface area contributed by atoms with E-state index in [0.717, 1.165) is 23.1 Å². The van der Waals surface area contributed by atoms with E-state index in [1.807, 2.05) is 23.9 Å². The molecule has 2 N–H and O–H groups in total. The molecule has 1 atom stereocenters. The van der Waals surface area contributed by atoms with Crippen LogP contribution < -0.4 is 5.73 Å². The normalized spacial score (nSPS) is 13.0. The monoisotopic (exact) mass is 284 g/mol. The molecule has 0 radical (unpaired) electrons. The van der Waals surface area contributed by atoms with Gasteiger partial charge >= 0.3 is 0 Å². The fourth-order valence-electron chi connectivity index (χ4n) is 2.93. The quantitative estimate of drug-likeness (QED) is 0.801. The molecule has 0 saturated carbocycles. The van der Waals surface area contributed by atoms with E-state index in [-0.39, 0.29) is 6.04 Å². The number of rotatable bonds is 3. The molecule has 1 unspecified atom stereocenters. The van der Waals surface area contributed by atoms with Crippen LogP contribution >= 0.6 is 0 Å². The van der Waals surface area contributed by atoms with Gasteiger partial charge in [0, 0.05) is 18.1 Å². The molecule has 3 rings (SSSR count). The molecule has 3 aromatic rings. The Kier molecular flexibility index (Phi) is 3.16. The highest BCUT2D eigenvalue weighted by molar-refractivity contribution is 5.91. The summed E-state index contributed by atoms with van der Waals surface area (Å²) in [5, 5.41) is 5.24. The Labute approximate surface area is 123 Å². The van der Waals surface area contributed by atoms with Crippen molar-refractivity contribution in [1.29, 1.82) is 0 Å².